The van der Waals surface area contributed by atoms with E-state index in [4.69, 9.17) is 9.47 Å². The van der Waals surface area contributed by atoms with Crippen LogP contribution in [0.5, 0.6) is 11.5 Å². The number of hydrogen-bond acceptors (Lipinski definition) is 7. The molecule has 3 aromatic heterocycles. The van der Waals surface area contributed by atoms with E-state index in [0.29, 0.717) is 28.5 Å². The summed E-state index contributed by atoms with van der Waals surface area (Å²) in [4.78, 5) is 24.8. The molecule has 0 aliphatic heterocycles. The van der Waals surface area contributed by atoms with Crippen molar-refractivity contribution in [1.29, 1.82) is 0 Å². The van der Waals surface area contributed by atoms with E-state index in [9.17, 15) is 4.79 Å². The smallest absolute Gasteiger partial charge is 0.263 e. The summed E-state index contributed by atoms with van der Waals surface area (Å²) in [5, 5.41) is 8.14. The zero-order valence-corrected chi connectivity index (χ0v) is 19.0. The van der Waals surface area contributed by atoms with Crippen molar-refractivity contribution in [2.45, 2.75) is 32.4 Å². The third kappa shape index (κ3) is 3.91. The Morgan fingerprint density at radius 1 is 1.12 bits per heavy atom. The molecule has 10 heteroatoms. The number of aromatic nitrogens is 6. The standard InChI is InChI=1S/C22H27N7O3/c1-22(2,3)29-18-16(12-24-29)20(30)27-21(26-18)25-17(19-23-7-8-28(19)4)13-9-14(31-5)11-15(10-13)32-6/h7-12,17H,1-6H3,(H2,25,26,27,30). The molecule has 0 bridgehead atoms. The first kappa shape index (κ1) is 21.4. The van der Waals surface area contributed by atoms with Crippen LogP contribution in [0.25, 0.3) is 11.0 Å². The number of fused-ring (bicyclic) bond motifs is 1. The normalized spacial score (nSPS) is 12.7. The Morgan fingerprint density at radius 2 is 1.81 bits per heavy atom. The van der Waals surface area contributed by atoms with Crippen LogP contribution in [0.2, 0.25) is 0 Å². The molecule has 32 heavy (non-hydrogen) atoms. The highest BCUT2D eigenvalue weighted by Crippen LogP contribution is 2.31. The molecule has 10 nitrogen and oxygen atoms in total. The number of anilines is 1. The molecular formula is C22H27N7O3. The molecule has 0 aliphatic carbocycles. The van der Waals surface area contributed by atoms with Crippen molar-refractivity contribution < 1.29 is 9.47 Å². The number of nitrogens with zero attached hydrogens (tertiary/aromatic N) is 5. The summed E-state index contributed by atoms with van der Waals surface area (Å²) in [6, 6.07) is 5.15. The molecular weight excluding hydrogens is 410 g/mol. The van der Waals surface area contributed by atoms with Gasteiger partial charge in [0.25, 0.3) is 5.56 Å². The third-order valence-electron chi connectivity index (χ3n) is 5.18. The predicted molar refractivity (Wildman–Crippen MR) is 121 cm³/mol. The fourth-order valence-corrected chi connectivity index (χ4v) is 3.56. The van der Waals surface area contributed by atoms with Gasteiger partial charge in [-0.05, 0) is 38.5 Å². The average molecular weight is 438 g/mol. The molecule has 1 atom stereocenters. The summed E-state index contributed by atoms with van der Waals surface area (Å²) >= 11 is 0. The number of nitrogens with one attached hydrogen (secondary N) is 2. The van der Waals surface area contributed by atoms with E-state index in [1.807, 2.05) is 50.7 Å². The summed E-state index contributed by atoms with van der Waals surface area (Å²) in [7, 11) is 5.10. The third-order valence-corrected chi connectivity index (χ3v) is 5.18. The van der Waals surface area contributed by atoms with Crippen LogP contribution < -0.4 is 20.3 Å². The first-order valence-corrected chi connectivity index (χ1v) is 10.2. The van der Waals surface area contributed by atoms with Crippen LogP contribution in [0.3, 0.4) is 0 Å². The van der Waals surface area contributed by atoms with Crippen LogP contribution in [0.15, 0.2) is 41.6 Å². The summed E-state index contributed by atoms with van der Waals surface area (Å²) in [6.07, 6.45) is 5.12. The van der Waals surface area contributed by atoms with Gasteiger partial charge in [0, 0.05) is 25.5 Å². The predicted octanol–water partition coefficient (Wildman–Crippen LogP) is 2.83. The highest BCUT2D eigenvalue weighted by Gasteiger charge is 2.24. The largest absolute Gasteiger partial charge is 0.497 e. The second kappa shape index (κ2) is 8.03. The van der Waals surface area contributed by atoms with Crippen molar-refractivity contribution in [3.8, 4) is 11.5 Å². The Balaban J connectivity index is 1.85. The van der Waals surface area contributed by atoms with Gasteiger partial charge in [0.15, 0.2) is 5.65 Å². The van der Waals surface area contributed by atoms with Crippen molar-refractivity contribution >= 4 is 17.0 Å². The minimum Gasteiger partial charge on any atom is -0.497 e. The maximum absolute atomic E-state index is 12.8. The zero-order valence-electron chi connectivity index (χ0n) is 19.0. The first-order chi connectivity index (χ1) is 15.2. The van der Waals surface area contributed by atoms with E-state index >= 15 is 0 Å². The fourth-order valence-electron chi connectivity index (χ4n) is 3.56. The number of imidazole rings is 1. The van der Waals surface area contributed by atoms with Crippen LogP contribution in [0, 0.1) is 0 Å². The molecule has 0 radical (unpaired) electrons. The number of ether oxygens (including phenoxy) is 2. The minimum absolute atomic E-state index is 0.269. The Bertz CT molecular complexity index is 1290. The molecule has 0 amide bonds. The fraction of sp³-hybridized carbons (Fsp3) is 0.364. The van der Waals surface area contributed by atoms with Crippen LogP contribution >= 0.6 is 0 Å². The van der Waals surface area contributed by atoms with Gasteiger partial charge >= 0.3 is 0 Å². The SMILES string of the molecule is COc1cc(OC)cc(C(Nc2nc3c(cnn3C(C)(C)C)c(=O)[nH]2)c2nccn2C)c1. The molecule has 0 aliphatic rings. The van der Waals surface area contributed by atoms with Gasteiger partial charge in [0.2, 0.25) is 5.95 Å². The lowest BCUT2D eigenvalue weighted by Gasteiger charge is -2.22. The number of aryl methyl sites for hydroxylation is 1. The topological polar surface area (TPSA) is 112 Å². The van der Waals surface area contributed by atoms with Crippen molar-refractivity contribution in [2.75, 3.05) is 19.5 Å². The molecule has 168 valence electrons. The van der Waals surface area contributed by atoms with E-state index in [0.717, 1.165) is 11.4 Å². The van der Waals surface area contributed by atoms with Gasteiger partial charge in [-0.25, -0.2) is 9.67 Å². The van der Waals surface area contributed by atoms with Crippen molar-refractivity contribution in [2.24, 2.45) is 7.05 Å². The highest BCUT2D eigenvalue weighted by atomic mass is 16.5. The molecule has 2 N–H and O–H groups in total. The molecule has 3 heterocycles. The number of methoxy groups -OCH3 is 2. The summed E-state index contributed by atoms with van der Waals surface area (Å²) in [6.45, 7) is 6.03. The summed E-state index contributed by atoms with van der Waals surface area (Å²) in [5.74, 6) is 2.32. The van der Waals surface area contributed by atoms with Gasteiger partial charge in [-0.2, -0.15) is 10.1 Å². The summed E-state index contributed by atoms with van der Waals surface area (Å²) in [5.41, 5.74) is 0.738. The monoisotopic (exact) mass is 437 g/mol. The van der Waals surface area contributed by atoms with E-state index in [2.05, 4.69) is 25.4 Å². The van der Waals surface area contributed by atoms with E-state index < -0.39 is 6.04 Å². The number of H-pyrrole nitrogens is 1. The number of hydrogen-bond donors (Lipinski definition) is 2. The molecule has 0 saturated heterocycles. The molecule has 0 spiro atoms. The average Bonchev–Trinajstić information content (AvgIpc) is 3.38. The Morgan fingerprint density at radius 3 is 2.38 bits per heavy atom. The lowest BCUT2D eigenvalue weighted by Crippen LogP contribution is -2.25. The van der Waals surface area contributed by atoms with Crippen LogP contribution in [-0.4, -0.2) is 43.5 Å². The van der Waals surface area contributed by atoms with Crippen molar-refractivity contribution in [1.82, 2.24) is 29.3 Å². The van der Waals surface area contributed by atoms with E-state index in [1.54, 1.807) is 37.4 Å². The molecule has 1 unspecified atom stereocenters. The number of aromatic amines is 1. The van der Waals surface area contributed by atoms with Gasteiger partial charge in [0.1, 0.15) is 28.8 Å². The maximum Gasteiger partial charge on any atom is 0.263 e. The van der Waals surface area contributed by atoms with Crippen LogP contribution in [0.1, 0.15) is 38.2 Å². The molecule has 0 saturated carbocycles. The Labute approximate surface area is 185 Å². The Hall–Kier alpha value is -3.82. The molecule has 1 aromatic carbocycles. The summed E-state index contributed by atoms with van der Waals surface area (Å²) < 4.78 is 14.5. The van der Waals surface area contributed by atoms with Gasteiger partial charge in [-0.15, -0.1) is 0 Å². The van der Waals surface area contributed by atoms with Crippen LogP contribution in [-0.2, 0) is 12.6 Å². The molecule has 0 fully saturated rings. The number of rotatable bonds is 6. The minimum atomic E-state index is -0.439. The van der Waals surface area contributed by atoms with Crippen LogP contribution in [0.4, 0.5) is 5.95 Å². The molecule has 4 rings (SSSR count). The Kier molecular flexibility index (Phi) is 5.37. The first-order valence-electron chi connectivity index (χ1n) is 10.2. The van der Waals surface area contributed by atoms with Gasteiger partial charge in [-0.1, -0.05) is 0 Å². The highest BCUT2D eigenvalue weighted by molar-refractivity contribution is 5.74. The van der Waals surface area contributed by atoms with Gasteiger partial charge in [0.05, 0.1) is 26.0 Å². The second-order valence-corrected chi connectivity index (χ2v) is 8.50. The lowest BCUT2D eigenvalue weighted by atomic mass is 10.1. The zero-order chi connectivity index (χ0) is 23.0. The second-order valence-electron chi connectivity index (χ2n) is 8.50. The maximum atomic E-state index is 12.8. The van der Waals surface area contributed by atoms with Gasteiger partial charge < -0.3 is 19.4 Å². The van der Waals surface area contributed by atoms with Crippen molar-refractivity contribution in [3.05, 3.63) is 58.5 Å². The van der Waals surface area contributed by atoms with E-state index in [1.165, 1.54) is 0 Å². The van der Waals surface area contributed by atoms with Crippen molar-refractivity contribution in [3.63, 3.8) is 0 Å². The molecule has 4 aromatic rings. The van der Waals surface area contributed by atoms with Gasteiger partial charge in [-0.3, -0.25) is 9.78 Å². The number of benzene rings is 1. The lowest BCUT2D eigenvalue weighted by molar-refractivity contribution is 0.366. The quantitative estimate of drug-likeness (QED) is 0.477. The van der Waals surface area contributed by atoms with E-state index in [-0.39, 0.29) is 11.1 Å².